The van der Waals surface area contributed by atoms with Crippen molar-refractivity contribution in [3.05, 3.63) is 77.6 Å². The molecule has 2 aromatic carbocycles. The average Bonchev–Trinajstić information content (AvgIpc) is 3.15. The third-order valence-electron chi connectivity index (χ3n) is 4.64. The second-order valence-electron chi connectivity index (χ2n) is 6.51. The van der Waals surface area contributed by atoms with Gasteiger partial charge in [-0.05, 0) is 42.8 Å². The first-order valence-corrected chi connectivity index (χ1v) is 8.96. The molecule has 4 aromatic rings. The van der Waals surface area contributed by atoms with Crippen LogP contribution in [0, 0.1) is 18.8 Å². The number of rotatable bonds is 3. The van der Waals surface area contributed by atoms with Gasteiger partial charge < -0.3 is 14.5 Å². The van der Waals surface area contributed by atoms with Crippen LogP contribution in [0.4, 0.5) is 0 Å². The third-order valence-corrected chi connectivity index (χ3v) is 4.64. The second-order valence-corrected chi connectivity index (χ2v) is 6.51. The number of aromatic amines is 1. The number of methoxy groups -OCH3 is 2. The van der Waals surface area contributed by atoms with Crippen molar-refractivity contribution in [2.75, 3.05) is 14.2 Å². The molecule has 2 aromatic heterocycles. The largest absolute Gasteiger partial charge is 0.493 e. The van der Waals surface area contributed by atoms with Crippen molar-refractivity contribution < 1.29 is 9.47 Å². The maximum absolute atomic E-state index is 5.42. The quantitative estimate of drug-likeness (QED) is 0.520. The zero-order chi connectivity index (χ0) is 19.5. The van der Waals surface area contributed by atoms with Crippen LogP contribution < -0.4 is 9.47 Å². The van der Waals surface area contributed by atoms with E-state index in [1.807, 2.05) is 42.7 Å². The van der Waals surface area contributed by atoms with E-state index in [0.717, 1.165) is 33.3 Å². The van der Waals surface area contributed by atoms with E-state index < -0.39 is 0 Å². The summed E-state index contributed by atoms with van der Waals surface area (Å²) in [5.74, 6) is 7.87. The molecule has 0 atom stereocenters. The normalized spacial score (nSPS) is 10.4. The number of nitrogens with zero attached hydrogens (tertiary/aromatic N) is 1. The molecule has 0 radical (unpaired) electrons. The first-order chi connectivity index (χ1) is 13.7. The summed E-state index contributed by atoms with van der Waals surface area (Å²) in [5, 5.41) is 0.992. The van der Waals surface area contributed by atoms with E-state index >= 15 is 0 Å². The zero-order valence-electron chi connectivity index (χ0n) is 16.0. The van der Waals surface area contributed by atoms with Gasteiger partial charge >= 0.3 is 0 Å². The highest BCUT2D eigenvalue weighted by molar-refractivity contribution is 5.87. The minimum absolute atomic E-state index is 0.688. The second kappa shape index (κ2) is 7.50. The van der Waals surface area contributed by atoms with Gasteiger partial charge in [0.2, 0.25) is 0 Å². The third kappa shape index (κ3) is 3.43. The SMILES string of the molecule is COc1ccc(-c2cnc3[nH]cc(C#Cc4ccc(C)cc4)c3c2)cc1OC. The molecule has 0 spiro atoms. The van der Waals surface area contributed by atoms with Crippen LogP contribution in [0.2, 0.25) is 0 Å². The van der Waals surface area contributed by atoms with Crippen LogP contribution in [0.5, 0.6) is 11.5 Å². The molecule has 0 aliphatic heterocycles. The topological polar surface area (TPSA) is 47.1 Å². The van der Waals surface area contributed by atoms with Crippen molar-refractivity contribution in [1.82, 2.24) is 9.97 Å². The van der Waals surface area contributed by atoms with Crippen LogP contribution in [0.3, 0.4) is 0 Å². The fourth-order valence-electron chi connectivity index (χ4n) is 3.06. The number of nitrogens with one attached hydrogen (secondary N) is 1. The van der Waals surface area contributed by atoms with Crippen molar-refractivity contribution in [3.8, 4) is 34.5 Å². The molecule has 28 heavy (non-hydrogen) atoms. The average molecular weight is 368 g/mol. The van der Waals surface area contributed by atoms with Crippen LogP contribution in [0.25, 0.3) is 22.2 Å². The number of aromatic nitrogens is 2. The molecule has 0 saturated heterocycles. The number of pyridine rings is 1. The summed E-state index contributed by atoms with van der Waals surface area (Å²) in [5.41, 5.74) is 5.95. The Labute approximate surface area is 164 Å². The summed E-state index contributed by atoms with van der Waals surface area (Å²) >= 11 is 0. The van der Waals surface area contributed by atoms with E-state index in [4.69, 9.17) is 9.47 Å². The minimum atomic E-state index is 0.688. The molecule has 0 aliphatic rings. The van der Waals surface area contributed by atoms with Gasteiger partial charge in [-0.25, -0.2) is 4.98 Å². The van der Waals surface area contributed by atoms with Gasteiger partial charge in [0.25, 0.3) is 0 Å². The molecule has 0 amide bonds. The van der Waals surface area contributed by atoms with Gasteiger partial charge in [-0.2, -0.15) is 0 Å². The lowest BCUT2D eigenvalue weighted by Gasteiger charge is -2.09. The van der Waals surface area contributed by atoms with Gasteiger partial charge in [0.05, 0.1) is 19.8 Å². The van der Waals surface area contributed by atoms with Crippen molar-refractivity contribution in [2.24, 2.45) is 0 Å². The number of ether oxygens (including phenoxy) is 2. The summed E-state index contributed by atoms with van der Waals surface area (Å²) in [6.07, 6.45) is 3.74. The molecular formula is C24H20N2O2. The highest BCUT2D eigenvalue weighted by Gasteiger charge is 2.09. The summed E-state index contributed by atoms with van der Waals surface area (Å²) < 4.78 is 10.7. The molecule has 0 unspecified atom stereocenters. The number of fused-ring (bicyclic) bond motifs is 1. The Morgan fingerprint density at radius 3 is 2.39 bits per heavy atom. The Kier molecular flexibility index (Phi) is 4.74. The van der Waals surface area contributed by atoms with Crippen molar-refractivity contribution in [2.45, 2.75) is 6.92 Å². The number of benzene rings is 2. The van der Waals surface area contributed by atoms with Crippen molar-refractivity contribution in [3.63, 3.8) is 0 Å². The number of aryl methyl sites for hydroxylation is 1. The van der Waals surface area contributed by atoms with Gasteiger partial charge in [-0.1, -0.05) is 35.6 Å². The Hall–Kier alpha value is -3.71. The monoisotopic (exact) mass is 368 g/mol. The fourth-order valence-corrected chi connectivity index (χ4v) is 3.06. The summed E-state index contributed by atoms with van der Waals surface area (Å²) in [6.45, 7) is 2.07. The maximum atomic E-state index is 5.42. The van der Waals surface area contributed by atoms with Crippen LogP contribution in [-0.4, -0.2) is 24.2 Å². The van der Waals surface area contributed by atoms with E-state index in [9.17, 15) is 0 Å². The minimum Gasteiger partial charge on any atom is -0.493 e. The molecule has 0 aliphatic carbocycles. The summed E-state index contributed by atoms with van der Waals surface area (Å²) in [4.78, 5) is 7.74. The Bertz CT molecular complexity index is 1190. The van der Waals surface area contributed by atoms with Crippen LogP contribution in [0.1, 0.15) is 16.7 Å². The Morgan fingerprint density at radius 1 is 0.857 bits per heavy atom. The van der Waals surface area contributed by atoms with Crippen molar-refractivity contribution in [1.29, 1.82) is 0 Å². The molecule has 1 N–H and O–H groups in total. The first-order valence-electron chi connectivity index (χ1n) is 8.96. The van der Waals surface area contributed by atoms with Gasteiger partial charge in [-0.3, -0.25) is 0 Å². The number of hydrogen-bond donors (Lipinski definition) is 1. The maximum Gasteiger partial charge on any atom is 0.161 e. The molecule has 2 heterocycles. The lowest BCUT2D eigenvalue weighted by molar-refractivity contribution is 0.355. The van der Waals surface area contributed by atoms with Gasteiger partial charge in [-0.15, -0.1) is 0 Å². The highest BCUT2D eigenvalue weighted by atomic mass is 16.5. The summed E-state index contributed by atoms with van der Waals surface area (Å²) in [6, 6.07) is 16.1. The van der Waals surface area contributed by atoms with E-state index in [0.29, 0.717) is 11.5 Å². The van der Waals surface area contributed by atoms with Crippen LogP contribution in [-0.2, 0) is 0 Å². The number of H-pyrrole nitrogens is 1. The zero-order valence-corrected chi connectivity index (χ0v) is 16.0. The Balaban J connectivity index is 1.74. The predicted octanol–water partition coefficient (Wildman–Crippen LogP) is 4.96. The fraction of sp³-hybridized carbons (Fsp3) is 0.125. The van der Waals surface area contributed by atoms with E-state index in [1.165, 1.54) is 5.56 Å². The standard InChI is InChI=1S/C24H20N2O2/c1-16-4-6-17(7-5-16)8-9-19-14-25-24-21(19)12-20(15-26-24)18-10-11-22(27-2)23(13-18)28-3/h4-7,10-15H,1-3H3,(H,25,26). The molecule has 0 bridgehead atoms. The molecular weight excluding hydrogens is 348 g/mol. The van der Waals surface area contributed by atoms with Crippen molar-refractivity contribution >= 4 is 11.0 Å². The summed E-state index contributed by atoms with van der Waals surface area (Å²) in [7, 11) is 3.26. The molecule has 0 fully saturated rings. The Morgan fingerprint density at radius 2 is 1.64 bits per heavy atom. The van der Waals surface area contributed by atoms with E-state index in [2.05, 4.69) is 46.9 Å². The molecule has 4 nitrogen and oxygen atoms in total. The van der Waals surface area contributed by atoms with Crippen LogP contribution in [0.15, 0.2) is 60.9 Å². The smallest absolute Gasteiger partial charge is 0.161 e. The predicted molar refractivity (Wildman–Crippen MR) is 112 cm³/mol. The molecule has 138 valence electrons. The van der Waals surface area contributed by atoms with Gasteiger partial charge in [0.1, 0.15) is 5.65 Å². The number of hydrogen-bond acceptors (Lipinski definition) is 3. The van der Waals surface area contributed by atoms with Crippen LogP contribution >= 0.6 is 0 Å². The lowest BCUT2D eigenvalue weighted by atomic mass is 10.0. The first kappa shape index (κ1) is 17.7. The molecule has 0 saturated carbocycles. The highest BCUT2D eigenvalue weighted by Crippen LogP contribution is 2.33. The van der Waals surface area contributed by atoms with E-state index in [1.54, 1.807) is 14.2 Å². The molecule has 4 heteroatoms. The molecule has 4 rings (SSSR count). The van der Waals surface area contributed by atoms with Gasteiger partial charge in [0, 0.05) is 28.9 Å². The van der Waals surface area contributed by atoms with E-state index in [-0.39, 0.29) is 0 Å². The van der Waals surface area contributed by atoms with Gasteiger partial charge in [0.15, 0.2) is 11.5 Å². The lowest BCUT2D eigenvalue weighted by Crippen LogP contribution is -1.91.